The molecule has 9 heteroatoms. The van der Waals surface area contributed by atoms with Crippen molar-refractivity contribution in [1.82, 2.24) is 10.3 Å². The van der Waals surface area contributed by atoms with E-state index >= 15 is 0 Å². The molecule has 1 aromatic rings. The third-order valence-corrected chi connectivity index (χ3v) is 4.04. The van der Waals surface area contributed by atoms with Gasteiger partial charge in [0.05, 0.1) is 4.92 Å². The van der Waals surface area contributed by atoms with Gasteiger partial charge in [0, 0.05) is 32.2 Å². The van der Waals surface area contributed by atoms with Crippen LogP contribution in [0.5, 0.6) is 0 Å². The molecule has 1 aromatic heterocycles. The Morgan fingerprint density at radius 1 is 1.42 bits per heavy atom. The predicted octanol–water partition coefficient (Wildman–Crippen LogP) is 2.77. The molecule has 0 saturated carbocycles. The first-order chi connectivity index (χ1) is 12.1. The number of nitro groups is 1. The van der Waals surface area contributed by atoms with Crippen LogP contribution in [0.2, 0.25) is 0 Å². The number of carbonyl (C=O) groups is 1. The summed E-state index contributed by atoms with van der Waals surface area (Å²) in [5.74, 6) is 0.815. The number of pyridine rings is 1. The lowest BCUT2D eigenvalue weighted by molar-refractivity contribution is -0.384. The van der Waals surface area contributed by atoms with Crippen molar-refractivity contribution in [2.75, 3.05) is 30.4 Å². The second-order valence-corrected chi connectivity index (χ2v) is 7.65. The molecule has 0 bridgehead atoms. The first-order valence-electron chi connectivity index (χ1n) is 8.65. The highest BCUT2D eigenvalue weighted by atomic mass is 16.6. The minimum Gasteiger partial charge on any atom is -0.444 e. The number of amides is 1. The van der Waals surface area contributed by atoms with E-state index in [0.717, 1.165) is 6.42 Å². The van der Waals surface area contributed by atoms with E-state index in [1.807, 2.05) is 25.7 Å². The fourth-order valence-corrected chi connectivity index (χ4v) is 3.10. The van der Waals surface area contributed by atoms with Crippen LogP contribution in [0.3, 0.4) is 0 Å². The molecule has 0 aliphatic carbocycles. The van der Waals surface area contributed by atoms with Gasteiger partial charge in [0.25, 0.3) is 0 Å². The van der Waals surface area contributed by atoms with E-state index in [0.29, 0.717) is 24.6 Å². The lowest BCUT2D eigenvalue weighted by Crippen LogP contribution is -2.51. The summed E-state index contributed by atoms with van der Waals surface area (Å²) in [5, 5.41) is 17.2. The van der Waals surface area contributed by atoms with Crippen LogP contribution in [0.1, 0.15) is 34.1 Å². The minimum absolute atomic E-state index is 0.0471. The van der Waals surface area contributed by atoms with E-state index in [-0.39, 0.29) is 17.6 Å². The second-order valence-electron chi connectivity index (χ2n) is 7.65. The molecule has 0 radical (unpaired) electrons. The van der Waals surface area contributed by atoms with Crippen molar-refractivity contribution < 1.29 is 14.5 Å². The molecule has 26 heavy (non-hydrogen) atoms. The van der Waals surface area contributed by atoms with Gasteiger partial charge >= 0.3 is 11.8 Å². The zero-order chi connectivity index (χ0) is 19.5. The summed E-state index contributed by atoms with van der Waals surface area (Å²) in [6.45, 7) is 8.62. The van der Waals surface area contributed by atoms with E-state index in [9.17, 15) is 14.9 Å². The maximum atomic E-state index is 12.1. The molecule has 144 valence electrons. The maximum Gasteiger partial charge on any atom is 0.407 e. The number of rotatable bonds is 4. The number of nitrogens with one attached hydrogen (secondary N) is 2. The zero-order valence-electron chi connectivity index (χ0n) is 15.9. The van der Waals surface area contributed by atoms with E-state index in [1.165, 1.54) is 6.20 Å². The predicted molar refractivity (Wildman–Crippen MR) is 99.6 cm³/mol. The standard InChI is InChI=1S/C17H27N5O4/c1-11-6-12(20-16(23)26-17(2,3)4)10-21(9-11)13-7-15(18-5)19-8-14(13)22(24)25/h7-8,11-12H,6,9-10H2,1-5H3,(H,18,19)(H,20,23)/t11-,12+/m1/s1. The van der Waals surface area contributed by atoms with Gasteiger partial charge in [-0.15, -0.1) is 0 Å². The third kappa shape index (κ3) is 5.21. The van der Waals surface area contributed by atoms with Crippen molar-refractivity contribution in [3.63, 3.8) is 0 Å². The number of anilines is 2. The van der Waals surface area contributed by atoms with Gasteiger partial charge in [0.1, 0.15) is 23.3 Å². The van der Waals surface area contributed by atoms with Crippen molar-refractivity contribution >= 4 is 23.3 Å². The molecule has 2 rings (SSSR count). The molecule has 0 unspecified atom stereocenters. The zero-order valence-corrected chi connectivity index (χ0v) is 15.9. The molecule has 0 aromatic carbocycles. The molecule has 0 spiro atoms. The Balaban J connectivity index is 2.20. The number of nitrogens with zero attached hydrogens (tertiary/aromatic N) is 3. The lowest BCUT2D eigenvalue weighted by atomic mass is 9.95. The number of alkyl carbamates (subject to hydrolysis) is 1. The first kappa shape index (κ1) is 19.7. The highest BCUT2D eigenvalue weighted by Crippen LogP contribution is 2.32. The fourth-order valence-electron chi connectivity index (χ4n) is 3.10. The van der Waals surface area contributed by atoms with Crippen LogP contribution in [0.15, 0.2) is 12.3 Å². The van der Waals surface area contributed by atoms with Gasteiger partial charge in [0.2, 0.25) is 0 Å². The number of hydrogen-bond donors (Lipinski definition) is 2. The Bertz CT molecular complexity index is 674. The summed E-state index contributed by atoms with van der Waals surface area (Å²) in [6.07, 6.45) is 1.57. The molecule has 1 aliphatic heterocycles. The monoisotopic (exact) mass is 365 g/mol. The highest BCUT2D eigenvalue weighted by Gasteiger charge is 2.31. The van der Waals surface area contributed by atoms with Gasteiger partial charge in [-0.1, -0.05) is 6.92 Å². The van der Waals surface area contributed by atoms with Gasteiger partial charge in [-0.3, -0.25) is 10.1 Å². The number of hydrogen-bond acceptors (Lipinski definition) is 7. The van der Waals surface area contributed by atoms with Gasteiger partial charge in [-0.2, -0.15) is 0 Å². The summed E-state index contributed by atoms with van der Waals surface area (Å²) >= 11 is 0. The largest absolute Gasteiger partial charge is 0.444 e. The molecule has 1 aliphatic rings. The number of carbonyl (C=O) groups excluding carboxylic acids is 1. The van der Waals surface area contributed by atoms with Gasteiger partial charge in [-0.25, -0.2) is 9.78 Å². The van der Waals surface area contributed by atoms with Crippen molar-refractivity contribution in [2.45, 2.75) is 45.8 Å². The Morgan fingerprint density at radius 3 is 2.69 bits per heavy atom. The molecular weight excluding hydrogens is 338 g/mol. The minimum atomic E-state index is -0.574. The van der Waals surface area contributed by atoms with E-state index in [2.05, 4.69) is 22.5 Å². The van der Waals surface area contributed by atoms with E-state index in [1.54, 1.807) is 13.1 Å². The summed E-state index contributed by atoms with van der Waals surface area (Å²) < 4.78 is 5.32. The average Bonchev–Trinajstić information content (AvgIpc) is 2.51. The number of piperidine rings is 1. The molecule has 2 heterocycles. The summed E-state index contributed by atoms with van der Waals surface area (Å²) in [6, 6.07) is 1.51. The van der Waals surface area contributed by atoms with Gasteiger partial charge in [-0.05, 0) is 33.1 Å². The van der Waals surface area contributed by atoms with Crippen molar-refractivity contribution in [3.8, 4) is 0 Å². The lowest BCUT2D eigenvalue weighted by Gasteiger charge is -2.38. The fraction of sp³-hybridized carbons (Fsp3) is 0.647. The van der Waals surface area contributed by atoms with E-state index in [4.69, 9.17) is 4.74 Å². The maximum absolute atomic E-state index is 12.1. The first-order valence-corrected chi connectivity index (χ1v) is 8.65. The van der Waals surface area contributed by atoms with Crippen molar-refractivity contribution in [1.29, 1.82) is 0 Å². The van der Waals surface area contributed by atoms with Gasteiger partial charge in [0.15, 0.2) is 0 Å². The van der Waals surface area contributed by atoms with Crippen LogP contribution >= 0.6 is 0 Å². The summed E-state index contributed by atoms with van der Waals surface area (Å²) in [4.78, 5) is 29.0. The average molecular weight is 365 g/mol. The topological polar surface area (TPSA) is 110 Å². The summed E-state index contributed by atoms with van der Waals surface area (Å²) in [7, 11) is 1.71. The Morgan fingerprint density at radius 2 is 2.12 bits per heavy atom. The van der Waals surface area contributed by atoms with Crippen molar-refractivity contribution in [2.24, 2.45) is 5.92 Å². The van der Waals surface area contributed by atoms with Crippen LogP contribution in [0.25, 0.3) is 0 Å². The van der Waals surface area contributed by atoms with Crippen LogP contribution < -0.4 is 15.5 Å². The van der Waals surface area contributed by atoms with Crippen molar-refractivity contribution in [3.05, 3.63) is 22.4 Å². The molecule has 1 amide bonds. The number of ether oxygens (including phenoxy) is 1. The molecule has 9 nitrogen and oxygen atoms in total. The van der Waals surface area contributed by atoms with Gasteiger partial charge < -0.3 is 20.3 Å². The number of aromatic nitrogens is 1. The smallest absolute Gasteiger partial charge is 0.407 e. The molecule has 1 saturated heterocycles. The van der Waals surface area contributed by atoms with Crippen LogP contribution in [-0.4, -0.2) is 47.8 Å². The van der Waals surface area contributed by atoms with Crippen LogP contribution in [-0.2, 0) is 4.74 Å². The summed E-state index contributed by atoms with van der Waals surface area (Å²) in [5.41, 5.74) is -0.124. The molecular formula is C17H27N5O4. The normalized spacial score (nSPS) is 20.4. The Hall–Kier alpha value is -2.58. The third-order valence-electron chi connectivity index (χ3n) is 4.04. The Kier molecular flexibility index (Phi) is 5.89. The highest BCUT2D eigenvalue weighted by molar-refractivity contribution is 5.69. The second kappa shape index (κ2) is 7.76. The Labute approximate surface area is 153 Å². The van der Waals surface area contributed by atoms with E-state index < -0.39 is 16.6 Å². The van der Waals surface area contributed by atoms with Crippen LogP contribution in [0, 0.1) is 16.0 Å². The molecule has 2 N–H and O–H groups in total. The molecule has 2 atom stereocenters. The SMILES string of the molecule is CNc1cc(N2C[C@H](C)C[C@H](NC(=O)OC(C)(C)C)C2)c([N+](=O)[O-])cn1. The molecule has 1 fully saturated rings. The quantitative estimate of drug-likeness (QED) is 0.623. The van der Waals surface area contributed by atoms with Crippen LogP contribution in [0.4, 0.5) is 22.0 Å².